The summed E-state index contributed by atoms with van der Waals surface area (Å²) in [4.78, 5) is 19.7. The number of benzene rings is 1. The van der Waals surface area contributed by atoms with Gasteiger partial charge < -0.3 is 10.1 Å². The van der Waals surface area contributed by atoms with E-state index in [0.717, 1.165) is 37.9 Å². The number of rotatable bonds is 3. The number of carbonyl (C=O) groups excluding carboxylic acids is 1. The van der Waals surface area contributed by atoms with E-state index in [-0.39, 0.29) is 17.0 Å². The van der Waals surface area contributed by atoms with Crippen LogP contribution in [0.2, 0.25) is 0 Å². The summed E-state index contributed by atoms with van der Waals surface area (Å²) >= 11 is 0. The molecule has 1 atom stereocenters. The van der Waals surface area contributed by atoms with Crippen molar-refractivity contribution in [2.75, 3.05) is 13.1 Å². The molecule has 0 bridgehead atoms. The van der Waals surface area contributed by atoms with Crippen LogP contribution in [0.3, 0.4) is 0 Å². The van der Waals surface area contributed by atoms with Crippen molar-refractivity contribution in [3.05, 3.63) is 35.9 Å². The predicted octanol–water partition coefficient (Wildman–Crippen LogP) is 3.68. The van der Waals surface area contributed by atoms with Crippen molar-refractivity contribution in [1.82, 2.24) is 10.4 Å². The van der Waals surface area contributed by atoms with Crippen LogP contribution < -0.4 is 5.32 Å². The Morgan fingerprint density at radius 2 is 1.85 bits per heavy atom. The molecule has 5 heteroatoms. The van der Waals surface area contributed by atoms with Crippen molar-refractivity contribution >= 4 is 5.97 Å². The monoisotopic (exact) mass is 374 g/mol. The highest BCUT2D eigenvalue weighted by molar-refractivity contribution is 5.77. The van der Waals surface area contributed by atoms with Gasteiger partial charge in [-0.1, -0.05) is 30.3 Å². The van der Waals surface area contributed by atoms with Gasteiger partial charge in [0.2, 0.25) is 0 Å². The fourth-order valence-electron chi connectivity index (χ4n) is 4.64. The van der Waals surface area contributed by atoms with Crippen LogP contribution in [0.4, 0.5) is 0 Å². The normalized spacial score (nSPS) is 25.3. The maximum absolute atomic E-state index is 13.3. The first-order valence-electron chi connectivity index (χ1n) is 10.0. The third-order valence-corrected chi connectivity index (χ3v) is 5.42. The molecule has 0 aliphatic carbocycles. The van der Waals surface area contributed by atoms with Gasteiger partial charge in [0.15, 0.2) is 0 Å². The zero-order valence-corrected chi connectivity index (χ0v) is 17.4. The highest BCUT2D eigenvalue weighted by Crippen LogP contribution is 2.48. The first-order chi connectivity index (χ1) is 12.6. The molecule has 150 valence electrons. The van der Waals surface area contributed by atoms with E-state index in [1.54, 1.807) is 0 Å². The topological polar surface area (TPSA) is 50.8 Å². The highest BCUT2D eigenvalue weighted by Gasteiger charge is 2.55. The minimum absolute atomic E-state index is 0.135. The zero-order chi connectivity index (χ0) is 19.7. The molecule has 27 heavy (non-hydrogen) atoms. The van der Waals surface area contributed by atoms with Gasteiger partial charge in [0.25, 0.3) is 0 Å². The van der Waals surface area contributed by atoms with Gasteiger partial charge in [0.1, 0.15) is 11.6 Å². The molecule has 2 aliphatic heterocycles. The van der Waals surface area contributed by atoms with Gasteiger partial charge in [-0.2, -0.15) is 5.06 Å². The third kappa shape index (κ3) is 4.89. The zero-order valence-electron chi connectivity index (χ0n) is 17.4. The molecule has 1 aromatic carbocycles. The largest absolute Gasteiger partial charge is 0.459 e. The Kier molecular flexibility index (Phi) is 5.67. The second-order valence-corrected chi connectivity index (χ2v) is 9.64. The molecule has 0 radical (unpaired) electrons. The maximum atomic E-state index is 13.3. The molecule has 2 aliphatic rings. The average Bonchev–Trinajstić information content (AvgIpc) is 2.53. The number of nitrogens with one attached hydrogen (secondary N) is 1. The lowest BCUT2D eigenvalue weighted by atomic mass is 9.65. The van der Waals surface area contributed by atoms with E-state index in [4.69, 9.17) is 9.57 Å². The average molecular weight is 375 g/mol. The molecular weight excluding hydrogens is 340 g/mol. The van der Waals surface area contributed by atoms with E-state index in [1.165, 1.54) is 0 Å². The molecule has 0 saturated carbocycles. The SMILES string of the molecule is CC(C)(C)OC(=O)C1N(Cc2ccccc2)OC(C)(C)CC12CCNCC2. The number of hydroxylamine groups is 2. The van der Waals surface area contributed by atoms with E-state index >= 15 is 0 Å². The van der Waals surface area contributed by atoms with Gasteiger partial charge in [0.05, 0.1) is 12.1 Å². The van der Waals surface area contributed by atoms with Crippen molar-refractivity contribution in [3.63, 3.8) is 0 Å². The predicted molar refractivity (Wildman–Crippen MR) is 106 cm³/mol. The minimum Gasteiger partial charge on any atom is -0.459 e. The molecule has 2 fully saturated rings. The molecule has 0 aromatic heterocycles. The second-order valence-electron chi connectivity index (χ2n) is 9.64. The minimum atomic E-state index is -0.517. The molecule has 1 aromatic rings. The van der Waals surface area contributed by atoms with E-state index in [0.29, 0.717) is 6.54 Å². The quantitative estimate of drug-likeness (QED) is 0.818. The Labute approximate surface area is 163 Å². The van der Waals surface area contributed by atoms with Gasteiger partial charge in [0, 0.05) is 5.41 Å². The first kappa shape index (κ1) is 20.3. The number of hydrogen-bond acceptors (Lipinski definition) is 5. The Hall–Kier alpha value is -1.43. The summed E-state index contributed by atoms with van der Waals surface area (Å²) in [5.41, 5.74) is 0.165. The molecule has 0 amide bonds. The van der Waals surface area contributed by atoms with E-state index < -0.39 is 11.6 Å². The van der Waals surface area contributed by atoms with Crippen LogP contribution in [-0.2, 0) is 20.9 Å². The fourth-order valence-corrected chi connectivity index (χ4v) is 4.64. The summed E-state index contributed by atoms with van der Waals surface area (Å²) in [5, 5.41) is 5.35. The molecule has 2 heterocycles. The summed E-state index contributed by atoms with van der Waals surface area (Å²) in [6, 6.07) is 9.80. The van der Waals surface area contributed by atoms with Crippen LogP contribution in [0.25, 0.3) is 0 Å². The molecule has 5 nitrogen and oxygen atoms in total. The highest BCUT2D eigenvalue weighted by atomic mass is 16.7. The lowest BCUT2D eigenvalue weighted by Gasteiger charge is -2.55. The maximum Gasteiger partial charge on any atom is 0.326 e. The van der Waals surface area contributed by atoms with Crippen molar-refractivity contribution in [2.45, 2.75) is 77.7 Å². The van der Waals surface area contributed by atoms with Crippen molar-refractivity contribution in [2.24, 2.45) is 5.41 Å². The van der Waals surface area contributed by atoms with Crippen LogP contribution in [0.5, 0.6) is 0 Å². The number of esters is 1. The number of piperidine rings is 1. The van der Waals surface area contributed by atoms with Crippen LogP contribution >= 0.6 is 0 Å². The van der Waals surface area contributed by atoms with Crippen molar-refractivity contribution < 1.29 is 14.4 Å². The lowest BCUT2D eigenvalue weighted by Crippen LogP contribution is -2.64. The lowest BCUT2D eigenvalue weighted by molar-refractivity contribution is -0.323. The molecule has 2 saturated heterocycles. The van der Waals surface area contributed by atoms with Gasteiger partial charge in [-0.3, -0.25) is 9.63 Å². The second kappa shape index (κ2) is 7.53. The first-order valence-corrected chi connectivity index (χ1v) is 10.0. The standard InChI is InChI=1S/C22H34N2O3/c1-20(2,3)26-19(25)18-22(11-13-23-14-12-22)16-21(4,5)27-24(18)15-17-9-7-6-8-10-17/h6-10,18,23H,11-16H2,1-5H3. The van der Waals surface area contributed by atoms with Gasteiger partial charge in [-0.15, -0.1) is 0 Å². The molecule has 1 spiro atoms. The van der Waals surface area contributed by atoms with Crippen LogP contribution in [0.1, 0.15) is 59.4 Å². The number of hydrogen-bond donors (Lipinski definition) is 1. The Morgan fingerprint density at radius 1 is 1.22 bits per heavy atom. The Morgan fingerprint density at radius 3 is 2.44 bits per heavy atom. The Balaban J connectivity index is 1.96. The summed E-state index contributed by atoms with van der Waals surface area (Å²) in [7, 11) is 0. The van der Waals surface area contributed by atoms with E-state index in [2.05, 4.69) is 31.3 Å². The Bertz CT molecular complexity index is 645. The van der Waals surface area contributed by atoms with E-state index in [9.17, 15) is 4.79 Å². The summed E-state index contributed by atoms with van der Waals surface area (Å²) in [5.74, 6) is -0.171. The smallest absolute Gasteiger partial charge is 0.326 e. The van der Waals surface area contributed by atoms with E-state index in [1.807, 2.05) is 44.0 Å². The third-order valence-electron chi connectivity index (χ3n) is 5.42. The number of nitrogens with zero attached hydrogens (tertiary/aromatic N) is 1. The van der Waals surface area contributed by atoms with Gasteiger partial charge in [-0.05, 0) is 72.5 Å². The molecule has 1 unspecified atom stereocenters. The summed E-state index contributed by atoms with van der Waals surface area (Å²) in [6.07, 6.45) is 2.76. The van der Waals surface area contributed by atoms with Crippen LogP contribution in [0.15, 0.2) is 30.3 Å². The molecular formula is C22H34N2O3. The van der Waals surface area contributed by atoms with Gasteiger partial charge in [-0.25, -0.2) is 0 Å². The van der Waals surface area contributed by atoms with Gasteiger partial charge >= 0.3 is 5.97 Å². The number of carbonyl (C=O) groups is 1. The van der Waals surface area contributed by atoms with Crippen molar-refractivity contribution in [3.8, 4) is 0 Å². The van der Waals surface area contributed by atoms with Crippen LogP contribution in [-0.4, -0.2) is 41.4 Å². The molecule has 1 N–H and O–H groups in total. The summed E-state index contributed by atoms with van der Waals surface area (Å²) < 4.78 is 5.86. The summed E-state index contributed by atoms with van der Waals surface area (Å²) in [6.45, 7) is 12.5. The fraction of sp³-hybridized carbons (Fsp3) is 0.682. The van der Waals surface area contributed by atoms with Crippen LogP contribution in [0, 0.1) is 5.41 Å². The number of ether oxygens (including phenoxy) is 1. The van der Waals surface area contributed by atoms with Crippen molar-refractivity contribution in [1.29, 1.82) is 0 Å². The molecule has 3 rings (SSSR count).